The van der Waals surface area contributed by atoms with E-state index in [9.17, 15) is 0 Å². The molecule has 0 spiro atoms. The molecule has 0 bridgehead atoms. The van der Waals surface area contributed by atoms with Gasteiger partial charge in [0.2, 0.25) is 0 Å². The zero-order chi connectivity index (χ0) is 19.5. The van der Waals surface area contributed by atoms with E-state index in [1.165, 1.54) is 27.2 Å². The molecule has 0 fully saturated rings. The lowest BCUT2D eigenvalue weighted by atomic mass is 10.1. The fourth-order valence-electron chi connectivity index (χ4n) is 3.82. The van der Waals surface area contributed by atoms with Crippen LogP contribution in [0.1, 0.15) is 5.56 Å². The summed E-state index contributed by atoms with van der Waals surface area (Å²) < 4.78 is 0. The van der Waals surface area contributed by atoms with Gasteiger partial charge in [-0.15, -0.1) is 0 Å². The number of rotatable bonds is 6. The van der Waals surface area contributed by atoms with Crippen LogP contribution in [0.3, 0.4) is 0 Å². The van der Waals surface area contributed by atoms with Crippen LogP contribution in [0, 0.1) is 0 Å². The smallest absolute Gasteiger partial charge is 0.0465 e. The molecule has 0 radical (unpaired) electrons. The average Bonchev–Trinajstić information content (AvgIpc) is 3.19. The van der Waals surface area contributed by atoms with Crippen LogP contribution in [0.4, 0.5) is 17.1 Å². The number of H-pyrrole nitrogens is 1. The Kier molecular flexibility index (Phi) is 4.59. The van der Waals surface area contributed by atoms with E-state index in [-0.39, 0.29) is 0 Å². The van der Waals surface area contributed by atoms with Crippen molar-refractivity contribution < 1.29 is 0 Å². The third-order valence-electron chi connectivity index (χ3n) is 5.27. The molecule has 0 aliphatic heterocycles. The van der Waals surface area contributed by atoms with Gasteiger partial charge in [-0.25, -0.2) is 0 Å². The maximum Gasteiger partial charge on any atom is 0.0465 e. The minimum absolute atomic E-state index is 0.878. The fraction of sp³-hybridized carbons (Fsp3) is 0.0800. The number of fused-ring (bicyclic) bond motifs is 2. The highest BCUT2D eigenvalue weighted by molar-refractivity contribution is 6.02. The number of hydrogen-bond acceptors (Lipinski definition) is 3. The summed E-state index contributed by atoms with van der Waals surface area (Å²) in [6.07, 6.45) is 6.68. The van der Waals surface area contributed by atoms with Crippen molar-refractivity contribution in [2.75, 3.05) is 17.2 Å². The van der Waals surface area contributed by atoms with Crippen LogP contribution in [-0.4, -0.2) is 16.5 Å². The third kappa shape index (κ3) is 3.52. The van der Waals surface area contributed by atoms with Crippen molar-refractivity contribution in [2.24, 2.45) is 0 Å². The Morgan fingerprint density at radius 1 is 0.724 bits per heavy atom. The standard InChI is InChI=1S/C25H22N4/c1-2-7-22-21(6-1)24(9-10-25(22)29-19-12-14-26-15-13-19)27-16-11-18-17-28-23-8-4-3-5-20(18)23/h1-10,12-15,17,27-28H,11,16H2,(H,26,29). The molecule has 2 aromatic heterocycles. The molecule has 29 heavy (non-hydrogen) atoms. The van der Waals surface area contributed by atoms with Gasteiger partial charge in [0.05, 0.1) is 0 Å². The lowest BCUT2D eigenvalue weighted by Crippen LogP contribution is -2.05. The summed E-state index contributed by atoms with van der Waals surface area (Å²) in [4.78, 5) is 7.44. The van der Waals surface area contributed by atoms with Gasteiger partial charge in [0.25, 0.3) is 0 Å². The monoisotopic (exact) mass is 378 g/mol. The number of aromatic nitrogens is 2. The second-order valence-electron chi connectivity index (χ2n) is 7.10. The van der Waals surface area contributed by atoms with Gasteiger partial charge in [-0.05, 0) is 42.3 Å². The van der Waals surface area contributed by atoms with E-state index in [0.29, 0.717) is 0 Å². The van der Waals surface area contributed by atoms with E-state index in [4.69, 9.17) is 0 Å². The van der Waals surface area contributed by atoms with Crippen molar-refractivity contribution in [3.05, 3.63) is 97.0 Å². The fourth-order valence-corrected chi connectivity index (χ4v) is 3.82. The second-order valence-corrected chi connectivity index (χ2v) is 7.10. The van der Waals surface area contributed by atoms with Gasteiger partial charge in [0.1, 0.15) is 0 Å². The number of pyridine rings is 1. The van der Waals surface area contributed by atoms with E-state index >= 15 is 0 Å². The highest BCUT2D eigenvalue weighted by Crippen LogP contribution is 2.32. The Balaban J connectivity index is 1.37. The number of anilines is 3. The van der Waals surface area contributed by atoms with Crippen LogP contribution in [0.2, 0.25) is 0 Å². The molecule has 5 rings (SSSR count). The molecule has 142 valence electrons. The second kappa shape index (κ2) is 7.68. The molecule has 0 unspecified atom stereocenters. The largest absolute Gasteiger partial charge is 0.384 e. The molecule has 5 aromatic rings. The van der Waals surface area contributed by atoms with Crippen LogP contribution >= 0.6 is 0 Å². The summed E-state index contributed by atoms with van der Waals surface area (Å²) in [5.41, 5.74) is 5.81. The SMILES string of the molecule is c1ccc2c(CCNc3ccc(Nc4ccncc4)c4ccccc34)c[nH]c2c1. The van der Waals surface area contributed by atoms with Crippen molar-refractivity contribution in [2.45, 2.75) is 6.42 Å². The van der Waals surface area contributed by atoms with Crippen molar-refractivity contribution >= 4 is 38.7 Å². The first-order valence-corrected chi connectivity index (χ1v) is 9.86. The molecule has 0 amide bonds. The predicted octanol–water partition coefficient (Wildman–Crippen LogP) is 6.11. The zero-order valence-corrected chi connectivity index (χ0v) is 16.0. The third-order valence-corrected chi connectivity index (χ3v) is 5.27. The molecule has 4 nitrogen and oxygen atoms in total. The van der Waals surface area contributed by atoms with Crippen LogP contribution in [0.5, 0.6) is 0 Å². The minimum atomic E-state index is 0.878. The number of para-hydroxylation sites is 1. The van der Waals surface area contributed by atoms with Crippen molar-refractivity contribution in [3.63, 3.8) is 0 Å². The minimum Gasteiger partial charge on any atom is -0.384 e. The van der Waals surface area contributed by atoms with Gasteiger partial charge in [-0.1, -0.05) is 42.5 Å². The average molecular weight is 378 g/mol. The molecule has 3 N–H and O–H groups in total. The van der Waals surface area contributed by atoms with Crippen LogP contribution in [-0.2, 0) is 6.42 Å². The lowest BCUT2D eigenvalue weighted by Gasteiger charge is -2.14. The first kappa shape index (κ1) is 17.3. The van der Waals surface area contributed by atoms with Crippen LogP contribution in [0.25, 0.3) is 21.7 Å². The number of nitrogens with zero attached hydrogens (tertiary/aromatic N) is 1. The number of nitrogens with one attached hydrogen (secondary N) is 3. The summed E-state index contributed by atoms with van der Waals surface area (Å²) in [5.74, 6) is 0. The molecule has 0 saturated carbocycles. The normalized spacial score (nSPS) is 11.0. The molecule has 4 heteroatoms. The van der Waals surface area contributed by atoms with E-state index in [0.717, 1.165) is 30.0 Å². The molecule has 0 aliphatic carbocycles. The number of hydrogen-bond donors (Lipinski definition) is 3. The molecular weight excluding hydrogens is 356 g/mol. The summed E-state index contributed by atoms with van der Waals surface area (Å²) in [5, 5.41) is 10.8. The van der Waals surface area contributed by atoms with E-state index in [1.54, 1.807) is 12.4 Å². The summed E-state index contributed by atoms with van der Waals surface area (Å²) in [7, 11) is 0. The molecule has 2 heterocycles. The summed E-state index contributed by atoms with van der Waals surface area (Å²) >= 11 is 0. The van der Waals surface area contributed by atoms with E-state index in [2.05, 4.69) is 87.5 Å². The first-order chi connectivity index (χ1) is 14.4. The highest BCUT2D eigenvalue weighted by Gasteiger charge is 2.07. The number of benzene rings is 3. The summed E-state index contributed by atoms with van der Waals surface area (Å²) in [6, 6.07) is 25.2. The van der Waals surface area contributed by atoms with Crippen molar-refractivity contribution in [3.8, 4) is 0 Å². The van der Waals surface area contributed by atoms with Gasteiger partial charge in [0.15, 0.2) is 0 Å². The van der Waals surface area contributed by atoms with Crippen LogP contribution in [0.15, 0.2) is 91.4 Å². The van der Waals surface area contributed by atoms with Gasteiger partial charge in [-0.2, -0.15) is 0 Å². The predicted molar refractivity (Wildman–Crippen MR) is 122 cm³/mol. The molecule has 0 atom stereocenters. The van der Waals surface area contributed by atoms with Crippen molar-refractivity contribution in [1.82, 2.24) is 9.97 Å². The number of aromatic amines is 1. The Morgan fingerprint density at radius 3 is 2.24 bits per heavy atom. The van der Waals surface area contributed by atoms with Crippen LogP contribution < -0.4 is 10.6 Å². The topological polar surface area (TPSA) is 52.7 Å². The quantitative estimate of drug-likeness (QED) is 0.334. The Hall–Kier alpha value is -3.79. The zero-order valence-electron chi connectivity index (χ0n) is 16.0. The Morgan fingerprint density at radius 2 is 1.41 bits per heavy atom. The Bertz CT molecular complexity index is 1260. The maximum absolute atomic E-state index is 4.08. The Labute approximate surface area is 169 Å². The lowest BCUT2D eigenvalue weighted by molar-refractivity contribution is 1.03. The molecule has 0 saturated heterocycles. The van der Waals surface area contributed by atoms with E-state index < -0.39 is 0 Å². The van der Waals surface area contributed by atoms with Gasteiger partial charge < -0.3 is 15.6 Å². The van der Waals surface area contributed by atoms with Crippen molar-refractivity contribution in [1.29, 1.82) is 0 Å². The van der Waals surface area contributed by atoms with E-state index in [1.807, 2.05) is 12.1 Å². The van der Waals surface area contributed by atoms with Gasteiger partial charge in [0, 0.05) is 63.9 Å². The molecular formula is C25H22N4. The molecule has 3 aromatic carbocycles. The molecule has 0 aliphatic rings. The summed E-state index contributed by atoms with van der Waals surface area (Å²) in [6.45, 7) is 0.878. The van der Waals surface area contributed by atoms with Gasteiger partial charge >= 0.3 is 0 Å². The highest BCUT2D eigenvalue weighted by atomic mass is 14.9. The first-order valence-electron chi connectivity index (χ1n) is 9.86. The maximum atomic E-state index is 4.08. The van der Waals surface area contributed by atoms with Gasteiger partial charge in [-0.3, -0.25) is 4.98 Å².